The molecule has 2 aromatic heterocycles. The van der Waals surface area contributed by atoms with Gasteiger partial charge in [-0.05, 0) is 56.2 Å². The summed E-state index contributed by atoms with van der Waals surface area (Å²) in [6, 6.07) is 17.9. The van der Waals surface area contributed by atoms with Gasteiger partial charge in [0.2, 0.25) is 0 Å². The molecule has 5 aromatic rings. The van der Waals surface area contributed by atoms with E-state index in [9.17, 15) is 9.90 Å². The van der Waals surface area contributed by atoms with Crippen molar-refractivity contribution in [2.24, 2.45) is 7.05 Å². The molecular formula is C32H34ClN3O4. The Bertz CT molecular complexity index is 1680. The van der Waals surface area contributed by atoms with Gasteiger partial charge in [-0.1, -0.05) is 61.0 Å². The van der Waals surface area contributed by atoms with Crippen LogP contribution in [0.2, 0.25) is 5.02 Å². The standard InChI is InChI=1S/C32H34ClN3O4/c1-5-25(37)31-27(19(3)36(4)35-31)28-24(33)17-16-23-22(30(34-29(23)28)32(38)39-6-2)14-10-18-40-26-15-9-12-20-11-7-8-13-21(20)26/h7-9,11-13,15-17,25,34,37H,5-6,10,14,18H2,1-4H3. The van der Waals surface area contributed by atoms with Gasteiger partial charge in [-0.25, -0.2) is 4.79 Å². The number of hydrogen-bond donors (Lipinski definition) is 2. The molecular weight excluding hydrogens is 526 g/mol. The molecule has 2 heterocycles. The van der Waals surface area contributed by atoms with E-state index in [0.717, 1.165) is 49.8 Å². The van der Waals surface area contributed by atoms with E-state index in [0.29, 0.717) is 42.3 Å². The number of H-pyrrole nitrogens is 1. The average molecular weight is 560 g/mol. The van der Waals surface area contributed by atoms with Gasteiger partial charge in [0.1, 0.15) is 11.4 Å². The van der Waals surface area contributed by atoms with Gasteiger partial charge in [0.25, 0.3) is 0 Å². The van der Waals surface area contributed by atoms with Crippen molar-refractivity contribution in [3.63, 3.8) is 0 Å². The molecule has 8 heteroatoms. The third-order valence-electron chi connectivity index (χ3n) is 7.40. The molecule has 3 aromatic carbocycles. The Morgan fingerprint density at radius 2 is 1.85 bits per heavy atom. The number of ether oxygens (including phenoxy) is 2. The smallest absolute Gasteiger partial charge is 0.355 e. The lowest BCUT2D eigenvalue weighted by molar-refractivity contribution is 0.0519. The van der Waals surface area contributed by atoms with Crippen LogP contribution in [0.5, 0.6) is 5.75 Å². The maximum absolute atomic E-state index is 13.1. The molecule has 208 valence electrons. The van der Waals surface area contributed by atoms with Gasteiger partial charge in [-0.15, -0.1) is 0 Å². The SMILES string of the molecule is CCOC(=O)c1[nH]c2c(-c3c(C(O)CC)nn(C)c3C)c(Cl)ccc2c1CCCOc1cccc2ccccc12. The highest BCUT2D eigenvalue weighted by atomic mass is 35.5. The number of aliphatic hydroxyl groups is 1. The monoisotopic (exact) mass is 559 g/mol. The average Bonchev–Trinajstić information content (AvgIpc) is 3.47. The maximum Gasteiger partial charge on any atom is 0.355 e. The quantitative estimate of drug-likeness (QED) is 0.138. The molecule has 0 saturated heterocycles. The molecule has 1 unspecified atom stereocenters. The number of halogens is 1. The summed E-state index contributed by atoms with van der Waals surface area (Å²) in [7, 11) is 1.85. The maximum atomic E-state index is 13.1. The molecule has 0 bridgehead atoms. The van der Waals surface area contributed by atoms with Crippen LogP contribution in [0.15, 0.2) is 54.6 Å². The minimum absolute atomic E-state index is 0.264. The second-order valence-electron chi connectivity index (χ2n) is 9.87. The van der Waals surface area contributed by atoms with Gasteiger partial charge in [0.05, 0.1) is 35.6 Å². The zero-order chi connectivity index (χ0) is 28.4. The third kappa shape index (κ3) is 5.07. The number of aryl methyl sites for hydroxylation is 2. The Kier molecular flexibility index (Phi) is 8.14. The van der Waals surface area contributed by atoms with Crippen LogP contribution in [-0.2, 0) is 18.2 Å². The highest BCUT2D eigenvalue weighted by Crippen LogP contribution is 2.42. The van der Waals surface area contributed by atoms with Crippen molar-refractivity contribution >= 4 is 39.2 Å². The van der Waals surface area contributed by atoms with Gasteiger partial charge in [-0.2, -0.15) is 5.10 Å². The number of aliphatic hydroxyl groups excluding tert-OH is 1. The first kappa shape index (κ1) is 27.7. The summed E-state index contributed by atoms with van der Waals surface area (Å²) >= 11 is 6.81. The number of aromatic nitrogens is 3. The summed E-state index contributed by atoms with van der Waals surface area (Å²) < 4.78 is 13.3. The van der Waals surface area contributed by atoms with Crippen LogP contribution < -0.4 is 4.74 Å². The van der Waals surface area contributed by atoms with E-state index in [-0.39, 0.29) is 6.61 Å². The molecule has 0 amide bonds. The fourth-order valence-corrected chi connectivity index (χ4v) is 5.55. The minimum Gasteiger partial charge on any atom is -0.493 e. The molecule has 0 aliphatic carbocycles. The topological polar surface area (TPSA) is 89.4 Å². The second-order valence-corrected chi connectivity index (χ2v) is 10.3. The normalized spacial score (nSPS) is 12.2. The van der Waals surface area contributed by atoms with Crippen molar-refractivity contribution < 1.29 is 19.4 Å². The van der Waals surface area contributed by atoms with Crippen molar-refractivity contribution in [1.29, 1.82) is 0 Å². The van der Waals surface area contributed by atoms with Gasteiger partial charge in [0.15, 0.2) is 0 Å². The predicted molar refractivity (Wildman–Crippen MR) is 159 cm³/mol. The van der Waals surface area contributed by atoms with Crippen molar-refractivity contribution in [1.82, 2.24) is 14.8 Å². The van der Waals surface area contributed by atoms with Crippen LogP contribution >= 0.6 is 11.6 Å². The first-order valence-electron chi connectivity index (χ1n) is 13.7. The lowest BCUT2D eigenvalue weighted by atomic mass is 9.96. The molecule has 5 rings (SSSR count). The predicted octanol–water partition coefficient (Wildman–Crippen LogP) is 7.32. The number of aromatic amines is 1. The highest BCUT2D eigenvalue weighted by Gasteiger charge is 2.27. The van der Waals surface area contributed by atoms with Crippen LogP contribution in [0.4, 0.5) is 0 Å². The number of carbonyl (C=O) groups is 1. The number of carbonyl (C=O) groups excluding carboxylic acids is 1. The van der Waals surface area contributed by atoms with Gasteiger partial charge >= 0.3 is 5.97 Å². The Morgan fingerprint density at radius 3 is 2.62 bits per heavy atom. The van der Waals surface area contributed by atoms with E-state index in [1.54, 1.807) is 11.6 Å². The van der Waals surface area contributed by atoms with E-state index in [2.05, 4.69) is 28.3 Å². The largest absolute Gasteiger partial charge is 0.493 e. The van der Waals surface area contributed by atoms with Crippen LogP contribution in [0.3, 0.4) is 0 Å². The summed E-state index contributed by atoms with van der Waals surface area (Å²) in [6.45, 7) is 6.40. The van der Waals surface area contributed by atoms with Crippen molar-refractivity contribution in [2.45, 2.75) is 46.1 Å². The molecule has 0 radical (unpaired) electrons. The Hall–Kier alpha value is -3.81. The molecule has 2 N–H and O–H groups in total. The van der Waals surface area contributed by atoms with E-state index < -0.39 is 12.1 Å². The third-order valence-corrected chi connectivity index (χ3v) is 7.72. The van der Waals surface area contributed by atoms with Crippen LogP contribution in [0.25, 0.3) is 32.8 Å². The Balaban J connectivity index is 1.53. The summed E-state index contributed by atoms with van der Waals surface area (Å²) in [4.78, 5) is 16.4. The fourth-order valence-electron chi connectivity index (χ4n) is 5.30. The zero-order valence-corrected chi connectivity index (χ0v) is 24.0. The van der Waals surface area contributed by atoms with E-state index in [1.807, 2.05) is 57.3 Å². The molecule has 0 spiro atoms. The second kappa shape index (κ2) is 11.7. The lowest BCUT2D eigenvalue weighted by Gasteiger charge is -2.12. The summed E-state index contributed by atoms with van der Waals surface area (Å²) in [6.07, 6.45) is 1.05. The highest BCUT2D eigenvalue weighted by molar-refractivity contribution is 6.35. The number of benzene rings is 3. The lowest BCUT2D eigenvalue weighted by Crippen LogP contribution is -2.09. The minimum atomic E-state index is -0.744. The summed E-state index contributed by atoms with van der Waals surface area (Å²) in [5, 5.41) is 19.0. The van der Waals surface area contributed by atoms with Crippen molar-refractivity contribution in [2.75, 3.05) is 13.2 Å². The molecule has 7 nitrogen and oxygen atoms in total. The summed E-state index contributed by atoms with van der Waals surface area (Å²) in [5.74, 6) is 0.424. The van der Waals surface area contributed by atoms with E-state index in [4.69, 9.17) is 21.1 Å². The van der Waals surface area contributed by atoms with Gasteiger partial charge in [-0.3, -0.25) is 4.68 Å². The van der Waals surface area contributed by atoms with Crippen LogP contribution in [0.1, 0.15) is 60.2 Å². The van der Waals surface area contributed by atoms with Crippen LogP contribution in [0, 0.1) is 6.92 Å². The van der Waals surface area contributed by atoms with Crippen molar-refractivity contribution in [3.8, 4) is 16.9 Å². The molecule has 0 aliphatic heterocycles. The first-order valence-corrected chi connectivity index (χ1v) is 14.1. The number of nitrogens with one attached hydrogen (secondary N) is 1. The van der Waals surface area contributed by atoms with Crippen LogP contribution in [-0.4, -0.2) is 39.1 Å². The molecule has 0 saturated carbocycles. The molecule has 0 fully saturated rings. The molecule has 1 atom stereocenters. The number of fused-ring (bicyclic) bond motifs is 2. The summed E-state index contributed by atoms with van der Waals surface area (Å²) in [5.41, 5.74) is 4.91. The first-order chi connectivity index (χ1) is 19.3. The number of esters is 1. The number of hydrogen-bond acceptors (Lipinski definition) is 5. The molecule has 40 heavy (non-hydrogen) atoms. The van der Waals surface area contributed by atoms with Gasteiger partial charge in [0, 0.05) is 34.6 Å². The van der Waals surface area contributed by atoms with Crippen molar-refractivity contribution in [3.05, 3.63) is 82.3 Å². The molecule has 0 aliphatic rings. The number of rotatable bonds is 10. The Labute approximate surface area is 238 Å². The van der Waals surface area contributed by atoms with E-state index in [1.165, 1.54) is 0 Å². The fraction of sp³-hybridized carbons (Fsp3) is 0.312. The van der Waals surface area contributed by atoms with Gasteiger partial charge < -0.3 is 19.6 Å². The Morgan fingerprint density at radius 1 is 1.07 bits per heavy atom. The zero-order valence-electron chi connectivity index (χ0n) is 23.3. The van der Waals surface area contributed by atoms with E-state index >= 15 is 0 Å². The number of nitrogens with zero attached hydrogens (tertiary/aromatic N) is 2.